The summed E-state index contributed by atoms with van der Waals surface area (Å²) in [6.07, 6.45) is 7.40. The highest BCUT2D eigenvalue weighted by Crippen LogP contribution is 2.34. The van der Waals surface area contributed by atoms with E-state index in [-0.39, 0.29) is 11.8 Å². The second kappa shape index (κ2) is 4.95. The van der Waals surface area contributed by atoms with E-state index in [0.717, 1.165) is 10.7 Å². The summed E-state index contributed by atoms with van der Waals surface area (Å²) in [5.41, 5.74) is 3.18. The number of likely N-dealkylation sites (N-methyl/N-ethyl adjacent to an activating group) is 1. The van der Waals surface area contributed by atoms with Gasteiger partial charge in [0, 0.05) is 20.2 Å². The van der Waals surface area contributed by atoms with Gasteiger partial charge in [-0.3, -0.25) is 15.0 Å². The van der Waals surface area contributed by atoms with Crippen LogP contribution in [0.1, 0.15) is 6.92 Å². The van der Waals surface area contributed by atoms with Gasteiger partial charge in [-0.2, -0.15) is 5.01 Å². The number of rotatable bonds is 1. The van der Waals surface area contributed by atoms with Gasteiger partial charge in [-0.15, -0.1) is 0 Å². The van der Waals surface area contributed by atoms with E-state index in [1.165, 1.54) is 18.7 Å². The van der Waals surface area contributed by atoms with Crippen LogP contribution in [0.3, 0.4) is 0 Å². The molecule has 0 saturated carbocycles. The highest BCUT2D eigenvalue weighted by molar-refractivity contribution is 8.26. The van der Waals surface area contributed by atoms with Gasteiger partial charge in [0.15, 0.2) is 4.32 Å². The third kappa shape index (κ3) is 2.32. The fraction of sp³-hybridized carbons (Fsp3) is 0.182. The average molecular weight is 281 g/mol. The average Bonchev–Trinajstić information content (AvgIpc) is 2.57. The zero-order valence-corrected chi connectivity index (χ0v) is 11.5. The topological polar surface area (TPSA) is 52.7 Å². The number of allylic oxidation sites excluding steroid dienone is 3. The van der Waals surface area contributed by atoms with Crippen molar-refractivity contribution in [2.75, 3.05) is 7.05 Å². The number of hydrogen-bond donors (Lipinski definition) is 1. The van der Waals surface area contributed by atoms with Gasteiger partial charge in [-0.05, 0) is 24.4 Å². The molecule has 1 fully saturated rings. The summed E-state index contributed by atoms with van der Waals surface area (Å²) in [6, 6.07) is 0. The summed E-state index contributed by atoms with van der Waals surface area (Å²) >= 11 is 6.26. The van der Waals surface area contributed by atoms with Crippen molar-refractivity contribution in [2.24, 2.45) is 0 Å². The molecule has 0 atom stereocenters. The maximum atomic E-state index is 12.2. The largest absolute Gasteiger partial charge is 0.350 e. The first-order valence-electron chi connectivity index (χ1n) is 5.16. The van der Waals surface area contributed by atoms with Crippen LogP contribution in [-0.4, -0.2) is 33.1 Å². The number of hydrogen-bond acceptors (Lipinski definition) is 5. The van der Waals surface area contributed by atoms with Gasteiger partial charge in [0.25, 0.3) is 5.91 Å². The van der Waals surface area contributed by atoms with Gasteiger partial charge in [-0.25, -0.2) is 0 Å². The fourth-order valence-electron chi connectivity index (χ4n) is 1.54. The molecule has 2 heterocycles. The number of nitrogens with zero attached hydrogens (tertiary/aromatic N) is 2. The number of amides is 2. The molecule has 2 aliphatic rings. The standard InChI is InChI=1S/C11H11N3O2S2/c1-7(15)12-14-10(16)9(18-11(14)17)8-5-3-4-6-13(8)2/h3-6H,1-2H3,(H,12,15). The SMILES string of the molecule is CC(=O)NN1C(=O)C(=C2C=CC=CN2C)SC1=S. The molecule has 0 bridgehead atoms. The lowest BCUT2D eigenvalue weighted by Gasteiger charge is -2.19. The summed E-state index contributed by atoms with van der Waals surface area (Å²) in [7, 11) is 1.85. The minimum atomic E-state index is -0.329. The van der Waals surface area contributed by atoms with E-state index in [1.807, 2.05) is 36.4 Å². The Morgan fingerprint density at radius 3 is 2.78 bits per heavy atom. The first-order valence-corrected chi connectivity index (χ1v) is 6.38. The van der Waals surface area contributed by atoms with E-state index < -0.39 is 0 Å². The monoisotopic (exact) mass is 281 g/mol. The van der Waals surface area contributed by atoms with E-state index in [4.69, 9.17) is 12.2 Å². The Morgan fingerprint density at radius 2 is 2.17 bits per heavy atom. The molecular weight excluding hydrogens is 270 g/mol. The molecule has 0 aromatic heterocycles. The number of thiocarbonyl (C=S) groups is 1. The fourth-order valence-corrected chi connectivity index (χ4v) is 2.80. The van der Waals surface area contributed by atoms with Crippen LogP contribution in [0.15, 0.2) is 35.0 Å². The lowest BCUT2D eigenvalue weighted by molar-refractivity contribution is -0.132. The molecule has 2 rings (SSSR count). The summed E-state index contributed by atoms with van der Waals surface area (Å²) in [4.78, 5) is 25.5. The Hall–Kier alpha value is -1.60. The van der Waals surface area contributed by atoms with Crippen molar-refractivity contribution < 1.29 is 9.59 Å². The Bertz CT molecular complexity index is 522. The quantitative estimate of drug-likeness (QED) is 0.577. The highest BCUT2D eigenvalue weighted by atomic mass is 32.2. The summed E-state index contributed by atoms with van der Waals surface area (Å²) in [5.74, 6) is -0.632. The lowest BCUT2D eigenvalue weighted by Crippen LogP contribution is -2.43. The van der Waals surface area contributed by atoms with Crippen LogP contribution in [0.25, 0.3) is 0 Å². The van der Waals surface area contributed by atoms with Crippen molar-refractivity contribution in [3.05, 3.63) is 35.0 Å². The normalized spacial score (nSPS) is 23.0. The van der Waals surface area contributed by atoms with E-state index >= 15 is 0 Å². The summed E-state index contributed by atoms with van der Waals surface area (Å²) in [6.45, 7) is 1.33. The molecule has 0 aromatic carbocycles. The lowest BCUT2D eigenvalue weighted by atomic mass is 10.2. The van der Waals surface area contributed by atoms with Gasteiger partial charge >= 0.3 is 0 Å². The minimum Gasteiger partial charge on any atom is -0.350 e. The van der Waals surface area contributed by atoms with Gasteiger partial charge in [0.2, 0.25) is 5.91 Å². The molecule has 94 valence electrons. The Morgan fingerprint density at radius 1 is 1.44 bits per heavy atom. The third-order valence-electron chi connectivity index (χ3n) is 2.33. The van der Waals surface area contributed by atoms with Crippen molar-refractivity contribution in [1.29, 1.82) is 0 Å². The third-order valence-corrected chi connectivity index (χ3v) is 3.70. The van der Waals surface area contributed by atoms with E-state index in [9.17, 15) is 9.59 Å². The molecule has 1 saturated heterocycles. The van der Waals surface area contributed by atoms with Crippen molar-refractivity contribution in [2.45, 2.75) is 6.92 Å². The van der Waals surface area contributed by atoms with E-state index in [1.54, 1.807) is 0 Å². The van der Waals surface area contributed by atoms with Crippen LogP contribution in [-0.2, 0) is 9.59 Å². The van der Waals surface area contributed by atoms with Crippen molar-refractivity contribution in [3.8, 4) is 0 Å². The molecule has 0 aliphatic carbocycles. The number of thioether (sulfide) groups is 1. The Balaban J connectivity index is 2.33. The highest BCUT2D eigenvalue weighted by Gasteiger charge is 2.35. The predicted octanol–water partition coefficient (Wildman–Crippen LogP) is 1.12. The smallest absolute Gasteiger partial charge is 0.287 e. The molecule has 2 aliphatic heterocycles. The van der Waals surface area contributed by atoms with Crippen LogP contribution in [0.4, 0.5) is 0 Å². The van der Waals surface area contributed by atoms with Crippen LogP contribution in [0, 0.1) is 0 Å². The maximum Gasteiger partial charge on any atom is 0.287 e. The molecule has 0 spiro atoms. The van der Waals surface area contributed by atoms with Crippen molar-refractivity contribution in [3.63, 3.8) is 0 Å². The maximum absolute atomic E-state index is 12.2. The second-order valence-electron chi connectivity index (χ2n) is 3.70. The molecule has 1 N–H and O–H groups in total. The first kappa shape index (κ1) is 12.8. The molecule has 0 aromatic rings. The molecule has 18 heavy (non-hydrogen) atoms. The van der Waals surface area contributed by atoms with Crippen molar-refractivity contribution >= 4 is 40.1 Å². The molecule has 7 heteroatoms. The summed E-state index contributed by atoms with van der Waals surface area (Å²) < 4.78 is 0.328. The number of hydrazine groups is 1. The number of carbonyl (C=O) groups is 2. The Labute approximate surface area is 114 Å². The molecule has 5 nitrogen and oxygen atoms in total. The minimum absolute atomic E-state index is 0.304. The molecule has 2 amide bonds. The second-order valence-corrected chi connectivity index (χ2v) is 5.35. The zero-order valence-electron chi connectivity index (χ0n) is 9.84. The Kier molecular flexibility index (Phi) is 3.53. The van der Waals surface area contributed by atoms with Crippen LogP contribution in [0.5, 0.6) is 0 Å². The van der Waals surface area contributed by atoms with Gasteiger partial charge in [0.1, 0.15) is 4.91 Å². The molecular formula is C11H11N3O2S2. The van der Waals surface area contributed by atoms with Gasteiger partial charge in [-0.1, -0.05) is 17.8 Å². The molecule has 0 radical (unpaired) electrons. The van der Waals surface area contributed by atoms with Crippen molar-refractivity contribution in [1.82, 2.24) is 15.3 Å². The van der Waals surface area contributed by atoms with Crippen LogP contribution in [0.2, 0.25) is 0 Å². The van der Waals surface area contributed by atoms with Gasteiger partial charge < -0.3 is 4.90 Å². The predicted molar refractivity (Wildman–Crippen MR) is 73.9 cm³/mol. The zero-order chi connectivity index (χ0) is 13.3. The number of nitrogens with one attached hydrogen (secondary N) is 1. The van der Waals surface area contributed by atoms with E-state index in [2.05, 4.69) is 5.43 Å². The summed E-state index contributed by atoms with van der Waals surface area (Å²) in [5, 5.41) is 1.10. The number of carbonyl (C=O) groups excluding carboxylic acids is 2. The van der Waals surface area contributed by atoms with Crippen LogP contribution < -0.4 is 5.43 Å². The van der Waals surface area contributed by atoms with Gasteiger partial charge in [0.05, 0.1) is 5.70 Å². The van der Waals surface area contributed by atoms with Crippen LogP contribution >= 0.6 is 24.0 Å². The van der Waals surface area contributed by atoms with E-state index in [0.29, 0.717) is 9.23 Å². The first-order chi connectivity index (χ1) is 8.50. The molecule has 0 unspecified atom stereocenters.